The Morgan fingerprint density at radius 1 is 0.968 bits per heavy atom. The second-order valence-corrected chi connectivity index (χ2v) is 21.8. The van der Waals surface area contributed by atoms with Gasteiger partial charge >= 0.3 is 196 Å². The van der Waals surface area contributed by atoms with Crippen LogP contribution in [0.2, 0.25) is 18.3 Å². The molecule has 0 N–H and O–H groups in total. The summed E-state index contributed by atoms with van der Waals surface area (Å²) >= 11 is 2.14. The maximum absolute atomic E-state index is 14.9. The van der Waals surface area contributed by atoms with Gasteiger partial charge in [-0.05, 0) is 0 Å². The molecule has 0 aliphatic heterocycles. The predicted octanol–water partition coefficient (Wildman–Crippen LogP) is 9.51. The van der Waals surface area contributed by atoms with E-state index in [1.54, 1.807) is 24.3 Å². The molecule has 0 heterocycles. The third-order valence-corrected chi connectivity index (χ3v) is 22.1. The zero-order valence-electron chi connectivity index (χ0n) is 19.0. The van der Waals surface area contributed by atoms with Gasteiger partial charge in [-0.2, -0.15) is 0 Å². The van der Waals surface area contributed by atoms with Gasteiger partial charge in [-0.1, -0.05) is 0 Å². The average molecular weight is 561 g/mol. The van der Waals surface area contributed by atoms with Crippen molar-refractivity contribution in [1.82, 2.24) is 0 Å². The molecule has 1 rings (SSSR count). The Hall–Kier alpha value is -0.931. The van der Waals surface area contributed by atoms with Crippen LogP contribution >= 0.6 is 11.6 Å². The maximum atomic E-state index is 14.9. The van der Waals surface area contributed by atoms with Gasteiger partial charge in [0.15, 0.2) is 0 Å². The summed E-state index contributed by atoms with van der Waals surface area (Å²) in [6.07, 6.45) is 0.699. The van der Waals surface area contributed by atoms with Crippen LogP contribution in [-0.4, -0.2) is 24.6 Å². The van der Waals surface area contributed by atoms with Crippen LogP contribution in [0.1, 0.15) is 71.3 Å². The molecule has 0 unspecified atom stereocenters. The van der Waals surface area contributed by atoms with Gasteiger partial charge < -0.3 is 0 Å². The summed E-state index contributed by atoms with van der Waals surface area (Å²) in [5.74, 6) is 0. The second-order valence-electron chi connectivity index (χ2n) is 8.34. The van der Waals surface area contributed by atoms with Crippen molar-refractivity contribution in [2.45, 2.75) is 85.2 Å². The molecule has 0 saturated heterocycles. The average Bonchev–Trinajstić information content (AvgIpc) is 2.73. The van der Waals surface area contributed by atoms with E-state index in [1.165, 1.54) is 0 Å². The summed E-state index contributed by atoms with van der Waals surface area (Å²) in [6.45, 7) is 9.86. The van der Waals surface area contributed by atoms with Gasteiger partial charge in [-0.15, -0.1) is 0 Å². The van der Waals surface area contributed by atoms with Gasteiger partial charge in [0.05, 0.1) is 0 Å². The molecule has 1 aromatic carbocycles. The minimum absolute atomic E-state index is 0.0595. The normalized spacial score (nSPS) is 13.0. The molecule has 0 fully saturated rings. The van der Waals surface area contributed by atoms with Gasteiger partial charge in [0.1, 0.15) is 0 Å². The molecule has 0 aliphatic carbocycles. The number of unbranched alkanes of at least 4 members (excludes halogenated alkanes) is 3. The summed E-state index contributed by atoms with van der Waals surface area (Å²) in [5.41, 5.74) is 0.932. The van der Waals surface area contributed by atoms with E-state index in [0.29, 0.717) is 23.9 Å². The quantitative estimate of drug-likeness (QED) is 0.174. The molecular formula is C25H35ClF3NSn. The van der Waals surface area contributed by atoms with Crippen molar-refractivity contribution < 1.29 is 13.2 Å². The van der Waals surface area contributed by atoms with Crippen LogP contribution in [0.4, 0.5) is 13.2 Å². The number of hydrogen-bond acceptors (Lipinski definition) is 1. The van der Waals surface area contributed by atoms with Crippen molar-refractivity contribution in [2.24, 2.45) is 0 Å². The van der Waals surface area contributed by atoms with Crippen LogP contribution < -0.4 is 0 Å². The first-order chi connectivity index (χ1) is 14.6. The molecule has 0 aliphatic rings. The fourth-order valence-electron chi connectivity index (χ4n) is 4.33. The first-order valence-electron chi connectivity index (χ1n) is 11.3. The van der Waals surface area contributed by atoms with Crippen LogP contribution in [0.3, 0.4) is 0 Å². The van der Waals surface area contributed by atoms with E-state index >= 15 is 0 Å². The van der Waals surface area contributed by atoms with E-state index < -0.39 is 24.6 Å². The zero-order chi connectivity index (χ0) is 23.5. The van der Waals surface area contributed by atoms with Gasteiger partial charge in [-0.3, -0.25) is 0 Å². The molecule has 0 atom stereocenters. The van der Waals surface area contributed by atoms with Gasteiger partial charge in [0, 0.05) is 0 Å². The van der Waals surface area contributed by atoms with Crippen LogP contribution in [0.15, 0.2) is 40.0 Å². The SMILES string of the molecule is C=C(C#N)C/C(=[C](\C(F)(F)F)[Sn]([CH2]CCC)([CH2]CCC)[CH2]CCC)c1ccc(Cl)cc1. The van der Waals surface area contributed by atoms with E-state index in [0.717, 1.165) is 38.5 Å². The number of nitriles is 1. The van der Waals surface area contributed by atoms with Crippen molar-refractivity contribution in [1.29, 1.82) is 5.26 Å². The molecular weight excluding hydrogens is 525 g/mol. The Morgan fingerprint density at radius 3 is 1.77 bits per heavy atom. The van der Waals surface area contributed by atoms with Crippen LogP contribution in [0.5, 0.6) is 0 Å². The van der Waals surface area contributed by atoms with E-state index in [2.05, 4.69) is 6.58 Å². The Bertz CT molecular complexity index is 754. The van der Waals surface area contributed by atoms with Crippen molar-refractivity contribution in [2.75, 3.05) is 0 Å². The number of hydrogen-bond donors (Lipinski definition) is 0. The molecule has 1 nitrogen and oxygen atoms in total. The first kappa shape index (κ1) is 28.1. The monoisotopic (exact) mass is 561 g/mol. The minimum atomic E-state index is -4.41. The van der Waals surface area contributed by atoms with E-state index in [4.69, 9.17) is 11.6 Å². The Balaban J connectivity index is 3.92. The fourth-order valence-corrected chi connectivity index (χ4v) is 21.8. The van der Waals surface area contributed by atoms with Crippen LogP contribution in [0, 0.1) is 11.3 Å². The molecule has 0 saturated carbocycles. The van der Waals surface area contributed by atoms with E-state index in [9.17, 15) is 18.4 Å². The molecule has 0 amide bonds. The molecule has 0 radical (unpaired) electrons. The number of rotatable bonds is 13. The molecule has 6 heteroatoms. The molecule has 0 aromatic heterocycles. The third kappa shape index (κ3) is 8.50. The number of alkyl halides is 3. The van der Waals surface area contributed by atoms with Crippen molar-refractivity contribution in [3.63, 3.8) is 0 Å². The fraction of sp³-hybridized carbons (Fsp3) is 0.560. The van der Waals surface area contributed by atoms with Crippen molar-refractivity contribution >= 4 is 35.6 Å². The summed E-state index contributed by atoms with van der Waals surface area (Å²) < 4.78 is 46.6. The van der Waals surface area contributed by atoms with Gasteiger partial charge in [-0.25, -0.2) is 0 Å². The Morgan fingerprint density at radius 2 is 1.42 bits per heavy atom. The molecule has 0 bridgehead atoms. The van der Waals surface area contributed by atoms with Gasteiger partial charge in [0.25, 0.3) is 0 Å². The zero-order valence-corrected chi connectivity index (χ0v) is 22.7. The summed E-state index contributed by atoms with van der Waals surface area (Å²) in [5, 5.41) is 9.81. The van der Waals surface area contributed by atoms with Crippen molar-refractivity contribution in [3.05, 3.63) is 50.6 Å². The molecule has 172 valence electrons. The second kappa shape index (κ2) is 13.6. The molecule has 0 spiro atoms. The number of halogens is 4. The third-order valence-electron chi connectivity index (χ3n) is 5.88. The molecule has 31 heavy (non-hydrogen) atoms. The van der Waals surface area contributed by atoms with Crippen molar-refractivity contribution in [3.8, 4) is 6.07 Å². The summed E-state index contributed by atoms with van der Waals surface area (Å²) in [7, 11) is 0. The Labute approximate surface area is 195 Å². The predicted molar refractivity (Wildman–Crippen MR) is 129 cm³/mol. The van der Waals surface area contributed by atoms with E-state index in [-0.39, 0.29) is 21.2 Å². The number of nitrogens with zero attached hydrogens (tertiary/aromatic N) is 1. The van der Waals surface area contributed by atoms with Crippen LogP contribution in [0.25, 0.3) is 5.57 Å². The van der Waals surface area contributed by atoms with Gasteiger partial charge in [0.2, 0.25) is 0 Å². The van der Waals surface area contributed by atoms with E-state index in [1.807, 2.05) is 26.8 Å². The number of allylic oxidation sites excluding steroid dienone is 3. The standard InChI is InChI=1S/C13H8ClF3N.3C4H9.Sn/c1-9(8-18)6-11(7-13(15,16)17)10-2-4-12(14)5-3-10;3*1-3-4-2;/h2-5H,1,6H2;3*1,3-4H2,2H3;. The molecule has 1 aromatic rings. The Kier molecular flexibility index (Phi) is 12.3. The van der Waals surface area contributed by atoms with Crippen LogP contribution in [-0.2, 0) is 0 Å². The summed E-state index contributed by atoms with van der Waals surface area (Å²) in [4.78, 5) is 0. The topological polar surface area (TPSA) is 23.8 Å². The number of benzene rings is 1. The first-order valence-corrected chi connectivity index (χ1v) is 19.2. The summed E-state index contributed by atoms with van der Waals surface area (Å²) in [6, 6.07) is 8.53.